The summed E-state index contributed by atoms with van der Waals surface area (Å²) in [6, 6.07) is 22.4. The predicted molar refractivity (Wildman–Crippen MR) is 191 cm³/mol. The predicted octanol–water partition coefficient (Wildman–Crippen LogP) is 11.8. The second kappa shape index (κ2) is 11.7. The van der Waals surface area contributed by atoms with Crippen molar-refractivity contribution < 1.29 is 0 Å². The zero-order valence-electron chi connectivity index (χ0n) is 24.7. The highest BCUT2D eigenvalue weighted by Crippen LogP contribution is 2.42. The molecule has 1 aliphatic rings. The maximum atomic E-state index is 5.61. The van der Waals surface area contributed by atoms with E-state index in [1.54, 1.807) is 0 Å². The minimum absolute atomic E-state index is 0.364. The lowest BCUT2D eigenvalue weighted by Crippen LogP contribution is -2.12. The first-order valence-electron chi connectivity index (χ1n) is 14.3. The van der Waals surface area contributed by atoms with Gasteiger partial charge in [0.1, 0.15) is 0 Å². The molecule has 0 saturated carbocycles. The van der Waals surface area contributed by atoms with Gasteiger partial charge < -0.3 is 0 Å². The van der Waals surface area contributed by atoms with Crippen molar-refractivity contribution >= 4 is 78.8 Å². The number of aliphatic imine (C=N–C) groups is 2. The van der Waals surface area contributed by atoms with Crippen molar-refractivity contribution in [3.05, 3.63) is 101 Å². The summed E-state index contributed by atoms with van der Waals surface area (Å²) in [6.45, 7) is 18.2. The summed E-state index contributed by atoms with van der Waals surface area (Å²) in [5, 5.41) is 2.49. The molecule has 0 unspecified atom stereocenters. The average molecular weight is 753 g/mol. The van der Waals surface area contributed by atoms with Crippen LogP contribution in [0.1, 0.15) is 112 Å². The summed E-state index contributed by atoms with van der Waals surface area (Å²) in [6.07, 6.45) is 0. The van der Waals surface area contributed by atoms with Crippen molar-refractivity contribution in [1.29, 1.82) is 0 Å². The summed E-state index contributed by atoms with van der Waals surface area (Å²) in [5.41, 5.74) is 11.7. The van der Waals surface area contributed by atoms with Crippen molar-refractivity contribution in [2.75, 3.05) is 0 Å². The van der Waals surface area contributed by atoms with Crippen LogP contribution in [-0.4, -0.2) is 11.4 Å². The highest BCUT2D eigenvalue weighted by atomic mass is 127. The molecule has 4 aromatic rings. The fraction of sp³-hybridized carbons (Fsp3) is 0.333. The Morgan fingerprint density at radius 1 is 0.500 bits per heavy atom. The SMILES string of the molecule is CC(C)c1cc(I)cc(C(C)C)c1N=C1C(=Nc2c(C(C)C)cc(I)cc2C(C)C)c2cccc3cccc1c23. The van der Waals surface area contributed by atoms with Gasteiger partial charge in [0.2, 0.25) is 0 Å². The van der Waals surface area contributed by atoms with Crippen LogP contribution in [0.4, 0.5) is 11.4 Å². The fourth-order valence-corrected chi connectivity index (χ4v) is 7.09. The lowest BCUT2D eigenvalue weighted by Gasteiger charge is -2.20. The number of hydrogen-bond acceptors (Lipinski definition) is 2. The Hall–Kier alpha value is -2.06. The Bertz CT molecular complexity index is 1490. The number of benzene rings is 4. The van der Waals surface area contributed by atoms with Crippen LogP contribution in [0.25, 0.3) is 10.8 Å². The number of halogens is 2. The van der Waals surface area contributed by atoms with Gasteiger partial charge in [0.25, 0.3) is 0 Å². The van der Waals surface area contributed by atoms with Crippen LogP contribution >= 0.6 is 45.2 Å². The van der Waals surface area contributed by atoms with Crippen LogP contribution in [0.2, 0.25) is 0 Å². The van der Waals surface area contributed by atoms with Crippen LogP contribution in [0.5, 0.6) is 0 Å². The molecule has 0 saturated heterocycles. The molecule has 4 aromatic carbocycles. The third-order valence-electron chi connectivity index (χ3n) is 7.84. The molecule has 0 spiro atoms. The minimum atomic E-state index is 0.364. The number of hydrogen-bond donors (Lipinski definition) is 0. The number of nitrogens with zero attached hydrogens (tertiary/aromatic N) is 2. The van der Waals surface area contributed by atoms with E-state index in [2.05, 4.69) is 161 Å². The van der Waals surface area contributed by atoms with Crippen LogP contribution in [-0.2, 0) is 0 Å². The third kappa shape index (κ3) is 5.42. The molecule has 40 heavy (non-hydrogen) atoms. The van der Waals surface area contributed by atoms with Crippen molar-refractivity contribution in [3.63, 3.8) is 0 Å². The molecule has 5 rings (SSSR count). The molecule has 0 fully saturated rings. The molecule has 0 N–H and O–H groups in total. The Kier molecular flexibility index (Phi) is 8.59. The maximum Gasteiger partial charge on any atom is 0.0979 e. The zero-order valence-corrected chi connectivity index (χ0v) is 29.0. The Morgan fingerprint density at radius 3 is 1.12 bits per heavy atom. The van der Waals surface area contributed by atoms with E-state index in [0.717, 1.165) is 22.8 Å². The van der Waals surface area contributed by atoms with Crippen LogP contribution in [0.15, 0.2) is 70.6 Å². The third-order valence-corrected chi connectivity index (χ3v) is 9.09. The lowest BCUT2D eigenvalue weighted by molar-refractivity contribution is 0.832. The van der Waals surface area contributed by atoms with Gasteiger partial charge in [-0.25, -0.2) is 9.98 Å². The van der Waals surface area contributed by atoms with Crippen molar-refractivity contribution in [3.8, 4) is 0 Å². The van der Waals surface area contributed by atoms with E-state index in [9.17, 15) is 0 Å². The van der Waals surface area contributed by atoms with E-state index in [1.165, 1.54) is 51.3 Å². The Labute approximate surface area is 267 Å². The molecule has 1 aliphatic carbocycles. The van der Waals surface area contributed by atoms with Crippen molar-refractivity contribution in [1.82, 2.24) is 0 Å². The number of rotatable bonds is 6. The first-order valence-corrected chi connectivity index (χ1v) is 16.5. The fourth-order valence-electron chi connectivity index (χ4n) is 5.74. The smallest absolute Gasteiger partial charge is 0.0979 e. The molecule has 0 bridgehead atoms. The van der Waals surface area contributed by atoms with Crippen molar-refractivity contribution in [2.45, 2.75) is 79.1 Å². The van der Waals surface area contributed by atoms with E-state index in [1.807, 2.05) is 0 Å². The molecular weight excluding hydrogens is 714 g/mol. The van der Waals surface area contributed by atoms with E-state index in [0.29, 0.717) is 23.7 Å². The van der Waals surface area contributed by atoms with Gasteiger partial charge in [-0.3, -0.25) is 0 Å². The molecule has 0 aromatic heterocycles. The molecular formula is C36H38I2N2. The van der Waals surface area contributed by atoms with Crippen molar-refractivity contribution in [2.24, 2.45) is 9.98 Å². The first-order chi connectivity index (χ1) is 19.0. The van der Waals surface area contributed by atoms with E-state index in [-0.39, 0.29) is 0 Å². The van der Waals surface area contributed by atoms with Gasteiger partial charge >= 0.3 is 0 Å². The van der Waals surface area contributed by atoms with Gasteiger partial charge in [-0.15, -0.1) is 0 Å². The quantitative estimate of drug-likeness (QED) is 0.175. The van der Waals surface area contributed by atoms with Gasteiger partial charge in [0, 0.05) is 23.7 Å². The highest BCUT2D eigenvalue weighted by Gasteiger charge is 2.29. The molecule has 206 valence electrons. The van der Waals surface area contributed by atoms with E-state index >= 15 is 0 Å². The second-order valence-electron chi connectivity index (χ2n) is 12.1. The maximum absolute atomic E-state index is 5.61. The van der Waals surface area contributed by atoms with Crippen LogP contribution < -0.4 is 0 Å². The zero-order chi connectivity index (χ0) is 28.9. The minimum Gasteiger partial charge on any atom is -0.245 e. The summed E-state index contributed by atoms with van der Waals surface area (Å²) in [4.78, 5) is 11.2. The monoisotopic (exact) mass is 752 g/mol. The molecule has 2 nitrogen and oxygen atoms in total. The van der Waals surface area contributed by atoms with Gasteiger partial charge in [-0.05, 0) is 121 Å². The summed E-state index contributed by atoms with van der Waals surface area (Å²) in [7, 11) is 0. The molecule has 0 amide bonds. The molecule has 0 aliphatic heterocycles. The highest BCUT2D eigenvalue weighted by molar-refractivity contribution is 14.1. The van der Waals surface area contributed by atoms with Gasteiger partial charge in [-0.1, -0.05) is 91.8 Å². The van der Waals surface area contributed by atoms with Gasteiger partial charge in [0.15, 0.2) is 0 Å². The Morgan fingerprint density at radius 2 is 0.825 bits per heavy atom. The van der Waals surface area contributed by atoms with Gasteiger partial charge in [-0.2, -0.15) is 0 Å². The summed E-state index contributed by atoms with van der Waals surface area (Å²) in [5.74, 6) is 1.45. The van der Waals surface area contributed by atoms with Crippen LogP contribution in [0.3, 0.4) is 0 Å². The average Bonchev–Trinajstić information content (AvgIpc) is 3.19. The summed E-state index contributed by atoms with van der Waals surface area (Å²) >= 11 is 4.90. The second-order valence-corrected chi connectivity index (χ2v) is 14.6. The lowest BCUT2D eigenvalue weighted by atomic mass is 9.92. The normalized spacial score (nSPS) is 15.2. The Balaban J connectivity index is 1.90. The largest absolute Gasteiger partial charge is 0.245 e. The molecule has 0 atom stereocenters. The molecule has 0 radical (unpaired) electrons. The molecule has 4 heteroatoms. The van der Waals surface area contributed by atoms with Gasteiger partial charge in [0.05, 0.1) is 22.8 Å². The summed E-state index contributed by atoms with van der Waals surface area (Å²) < 4.78 is 2.53. The van der Waals surface area contributed by atoms with E-state index < -0.39 is 0 Å². The van der Waals surface area contributed by atoms with E-state index in [4.69, 9.17) is 9.98 Å². The first kappa shape index (κ1) is 29.4. The standard InChI is InChI=1S/C36H38I2N2/c1-19(2)28-15-24(37)16-29(20(3)4)33(28)39-35-26-13-9-11-23-12-10-14-27(32(23)26)36(35)40-34-30(21(5)6)17-25(38)18-31(34)22(7)8/h9-22H,1-8H3. The van der Waals surface area contributed by atoms with Crippen LogP contribution in [0, 0.1) is 7.14 Å². The topological polar surface area (TPSA) is 24.7 Å². The molecule has 0 heterocycles.